The standard InChI is InChI=1S/C24H32N4O7S/c1-4-21(27(36(3,32)33)22-15-20(28(30)31)9-10-23(22)34-2)24(29)25-16-18-5-7-19(8-6-18)17-26-11-13-35-14-12-26/h5-10,15,21H,4,11-14,16-17H2,1-3H3,(H,25,29)/t21-/m0/s1. The van der Waals surface area contributed by atoms with Crippen LogP contribution >= 0.6 is 0 Å². The minimum absolute atomic E-state index is 0.0661. The quantitative estimate of drug-likeness (QED) is 0.353. The number of nitrogens with zero attached hydrogens (tertiary/aromatic N) is 3. The molecule has 36 heavy (non-hydrogen) atoms. The van der Waals surface area contributed by atoms with Crippen molar-refractivity contribution in [2.24, 2.45) is 0 Å². The molecule has 0 radical (unpaired) electrons. The molecule has 1 heterocycles. The summed E-state index contributed by atoms with van der Waals surface area (Å²) in [5.74, 6) is -0.415. The predicted molar refractivity (Wildman–Crippen MR) is 135 cm³/mol. The Balaban J connectivity index is 1.75. The molecular formula is C24H32N4O7S. The van der Waals surface area contributed by atoms with Crippen molar-refractivity contribution in [2.75, 3.05) is 44.0 Å². The van der Waals surface area contributed by atoms with Gasteiger partial charge in [-0.05, 0) is 23.6 Å². The first-order valence-electron chi connectivity index (χ1n) is 11.6. The number of nitro benzene ring substituents is 1. The van der Waals surface area contributed by atoms with Gasteiger partial charge in [0, 0.05) is 38.3 Å². The number of amides is 1. The summed E-state index contributed by atoms with van der Waals surface area (Å²) in [6.45, 7) is 5.95. The fourth-order valence-corrected chi connectivity index (χ4v) is 5.29. The Bertz CT molecular complexity index is 1170. The maximum atomic E-state index is 13.1. The van der Waals surface area contributed by atoms with Crippen LogP contribution in [0.1, 0.15) is 24.5 Å². The van der Waals surface area contributed by atoms with E-state index in [1.165, 1.54) is 19.2 Å². The molecule has 2 aromatic carbocycles. The van der Waals surface area contributed by atoms with Crippen molar-refractivity contribution in [1.82, 2.24) is 10.2 Å². The molecule has 12 heteroatoms. The number of nitrogens with one attached hydrogen (secondary N) is 1. The van der Waals surface area contributed by atoms with Gasteiger partial charge in [0.15, 0.2) is 0 Å². The van der Waals surface area contributed by atoms with E-state index in [1.54, 1.807) is 6.92 Å². The van der Waals surface area contributed by atoms with Crippen molar-refractivity contribution >= 4 is 27.3 Å². The third kappa shape index (κ3) is 6.93. The van der Waals surface area contributed by atoms with E-state index in [0.717, 1.165) is 60.6 Å². The number of carbonyl (C=O) groups is 1. The highest BCUT2D eigenvalue weighted by molar-refractivity contribution is 7.92. The fourth-order valence-electron chi connectivity index (χ4n) is 4.09. The van der Waals surface area contributed by atoms with Crippen LogP contribution in [-0.4, -0.2) is 69.9 Å². The van der Waals surface area contributed by atoms with Gasteiger partial charge in [-0.1, -0.05) is 31.2 Å². The summed E-state index contributed by atoms with van der Waals surface area (Å²) in [4.78, 5) is 26.1. The van der Waals surface area contributed by atoms with Gasteiger partial charge in [-0.15, -0.1) is 0 Å². The average molecular weight is 521 g/mol. The fraction of sp³-hybridized carbons (Fsp3) is 0.458. The largest absolute Gasteiger partial charge is 0.495 e. The summed E-state index contributed by atoms with van der Waals surface area (Å²) in [6.07, 6.45) is 1.09. The second kappa shape index (κ2) is 12.2. The van der Waals surface area contributed by atoms with E-state index in [1.807, 2.05) is 24.3 Å². The molecule has 11 nitrogen and oxygen atoms in total. The summed E-state index contributed by atoms with van der Waals surface area (Å²) < 4.78 is 37.1. The molecule has 196 valence electrons. The van der Waals surface area contributed by atoms with E-state index in [0.29, 0.717) is 0 Å². The number of rotatable bonds is 11. The third-order valence-electron chi connectivity index (χ3n) is 5.94. The molecule has 1 amide bonds. The monoisotopic (exact) mass is 520 g/mol. The molecule has 0 unspecified atom stereocenters. The van der Waals surface area contributed by atoms with Gasteiger partial charge in [0.25, 0.3) is 5.69 Å². The Morgan fingerprint density at radius 3 is 2.39 bits per heavy atom. The number of hydrogen-bond donors (Lipinski definition) is 1. The highest BCUT2D eigenvalue weighted by atomic mass is 32.2. The molecule has 0 bridgehead atoms. The van der Waals surface area contributed by atoms with Crippen LogP contribution in [0, 0.1) is 10.1 Å². The van der Waals surface area contributed by atoms with Gasteiger partial charge in [-0.2, -0.15) is 0 Å². The molecule has 1 N–H and O–H groups in total. The van der Waals surface area contributed by atoms with Crippen LogP contribution in [0.25, 0.3) is 0 Å². The number of methoxy groups -OCH3 is 1. The number of sulfonamides is 1. The lowest BCUT2D eigenvalue weighted by molar-refractivity contribution is -0.384. The van der Waals surface area contributed by atoms with E-state index < -0.39 is 26.9 Å². The van der Waals surface area contributed by atoms with E-state index in [2.05, 4.69) is 10.2 Å². The normalized spacial score (nSPS) is 15.2. The van der Waals surface area contributed by atoms with Gasteiger partial charge in [0.2, 0.25) is 15.9 Å². The Hall–Kier alpha value is -3.22. The molecule has 1 aliphatic heterocycles. The maximum absolute atomic E-state index is 13.1. The molecule has 2 aromatic rings. The van der Waals surface area contributed by atoms with Crippen LogP contribution in [0.15, 0.2) is 42.5 Å². The van der Waals surface area contributed by atoms with E-state index >= 15 is 0 Å². The van der Waals surface area contributed by atoms with Gasteiger partial charge in [0.1, 0.15) is 17.5 Å². The van der Waals surface area contributed by atoms with Crippen molar-refractivity contribution in [3.63, 3.8) is 0 Å². The first-order valence-corrected chi connectivity index (χ1v) is 13.5. The van der Waals surface area contributed by atoms with Crippen molar-refractivity contribution < 1.29 is 27.6 Å². The third-order valence-corrected chi connectivity index (χ3v) is 7.11. The number of non-ortho nitro benzene ring substituents is 1. The zero-order chi connectivity index (χ0) is 26.3. The lowest BCUT2D eigenvalue weighted by atomic mass is 10.1. The number of nitro groups is 1. The van der Waals surface area contributed by atoms with Crippen molar-refractivity contribution in [3.8, 4) is 5.75 Å². The zero-order valence-corrected chi connectivity index (χ0v) is 21.5. The van der Waals surface area contributed by atoms with Crippen molar-refractivity contribution in [3.05, 3.63) is 63.7 Å². The molecule has 0 aliphatic carbocycles. The Labute approximate surface area is 211 Å². The van der Waals surface area contributed by atoms with E-state index in [4.69, 9.17) is 9.47 Å². The minimum Gasteiger partial charge on any atom is -0.495 e. The van der Waals surface area contributed by atoms with Crippen LogP contribution < -0.4 is 14.4 Å². The van der Waals surface area contributed by atoms with Gasteiger partial charge in [-0.25, -0.2) is 8.42 Å². The molecule has 0 spiro atoms. The zero-order valence-electron chi connectivity index (χ0n) is 20.7. The van der Waals surface area contributed by atoms with Crippen molar-refractivity contribution in [2.45, 2.75) is 32.5 Å². The second-order valence-corrected chi connectivity index (χ2v) is 10.4. The lowest BCUT2D eigenvalue weighted by Gasteiger charge is -2.31. The Kier molecular flexibility index (Phi) is 9.24. The highest BCUT2D eigenvalue weighted by Gasteiger charge is 2.34. The molecule has 1 atom stereocenters. The molecular weight excluding hydrogens is 488 g/mol. The summed E-state index contributed by atoms with van der Waals surface area (Å²) in [5.41, 5.74) is 1.64. The number of benzene rings is 2. The summed E-state index contributed by atoms with van der Waals surface area (Å²) in [5, 5.41) is 14.1. The molecule has 3 rings (SSSR count). The number of morpholine rings is 1. The van der Waals surface area contributed by atoms with Crippen LogP contribution in [0.2, 0.25) is 0 Å². The van der Waals surface area contributed by atoms with Crippen LogP contribution in [-0.2, 0) is 32.6 Å². The first kappa shape index (κ1) is 27.4. The number of ether oxygens (including phenoxy) is 2. The second-order valence-electron chi connectivity index (χ2n) is 8.52. The molecule has 0 saturated carbocycles. The highest BCUT2D eigenvalue weighted by Crippen LogP contribution is 2.35. The van der Waals surface area contributed by atoms with Crippen LogP contribution in [0.3, 0.4) is 0 Å². The van der Waals surface area contributed by atoms with Gasteiger partial charge in [0.05, 0.1) is 31.5 Å². The molecule has 1 aliphatic rings. The maximum Gasteiger partial charge on any atom is 0.271 e. The van der Waals surface area contributed by atoms with Gasteiger partial charge in [-0.3, -0.25) is 24.1 Å². The van der Waals surface area contributed by atoms with Crippen molar-refractivity contribution in [1.29, 1.82) is 0 Å². The van der Waals surface area contributed by atoms with Gasteiger partial charge >= 0.3 is 0 Å². The summed E-state index contributed by atoms with van der Waals surface area (Å²) in [7, 11) is -2.67. The van der Waals surface area contributed by atoms with E-state index in [9.17, 15) is 23.3 Å². The smallest absolute Gasteiger partial charge is 0.271 e. The van der Waals surface area contributed by atoms with Crippen LogP contribution in [0.5, 0.6) is 5.75 Å². The predicted octanol–water partition coefficient (Wildman–Crippen LogP) is 2.30. The number of hydrogen-bond acceptors (Lipinski definition) is 8. The number of anilines is 1. The lowest BCUT2D eigenvalue weighted by Crippen LogP contribution is -2.49. The van der Waals surface area contributed by atoms with E-state index in [-0.39, 0.29) is 30.1 Å². The number of carbonyl (C=O) groups excluding carboxylic acids is 1. The average Bonchev–Trinajstić information content (AvgIpc) is 2.86. The minimum atomic E-state index is -4.00. The SMILES string of the molecule is CC[C@@H](C(=O)NCc1ccc(CN2CCOCC2)cc1)N(c1cc([N+](=O)[O-])ccc1OC)S(C)(=O)=O. The molecule has 1 saturated heterocycles. The summed E-state index contributed by atoms with van der Waals surface area (Å²) >= 11 is 0. The first-order chi connectivity index (χ1) is 17.1. The molecule has 1 fully saturated rings. The summed E-state index contributed by atoms with van der Waals surface area (Å²) in [6, 6.07) is 10.4. The Morgan fingerprint density at radius 1 is 1.19 bits per heavy atom. The van der Waals surface area contributed by atoms with Gasteiger partial charge < -0.3 is 14.8 Å². The topological polar surface area (TPSA) is 131 Å². The Morgan fingerprint density at radius 2 is 1.83 bits per heavy atom. The van der Waals surface area contributed by atoms with Crippen LogP contribution in [0.4, 0.5) is 11.4 Å². The molecule has 0 aromatic heterocycles.